The summed E-state index contributed by atoms with van der Waals surface area (Å²) in [6, 6.07) is 4.32. The van der Waals surface area contributed by atoms with Crippen molar-refractivity contribution in [3.63, 3.8) is 0 Å². The summed E-state index contributed by atoms with van der Waals surface area (Å²) in [5.41, 5.74) is 0. The van der Waals surface area contributed by atoms with Gasteiger partial charge in [0.05, 0.1) is 25.2 Å². The van der Waals surface area contributed by atoms with Gasteiger partial charge in [0.25, 0.3) is 0 Å². The minimum absolute atomic E-state index is 0.564. The molecule has 0 saturated carbocycles. The second-order valence-corrected chi connectivity index (χ2v) is 8.62. The van der Waals surface area contributed by atoms with Gasteiger partial charge in [-0.3, -0.25) is 0 Å². The highest BCUT2D eigenvalue weighted by molar-refractivity contribution is 8.37. The lowest BCUT2D eigenvalue weighted by Crippen LogP contribution is -1.79. The van der Waals surface area contributed by atoms with Crippen LogP contribution in [0.2, 0.25) is 0 Å². The molecule has 1 heterocycles. The molecule has 0 fully saturated rings. The average molecular weight is 288 g/mol. The molecule has 0 bridgehead atoms. The van der Waals surface area contributed by atoms with Crippen LogP contribution in [-0.2, 0) is 0 Å². The quantitative estimate of drug-likeness (QED) is 0.682. The number of hydrogen-bond donors (Lipinski definition) is 0. The van der Waals surface area contributed by atoms with Crippen LogP contribution >= 0.6 is 47.0 Å². The molecule has 1 aliphatic heterocycles. The standard InChI is InChI=1S/C10H12N2S4/c1-8-15-9(13-6-2-4-11)10(16-8)14-7-3-5-12/h8H,2-3,6-7H2,1H3. The predicted molar refractivity (Wildman–Crippen MR) is 77.0 cm³/mol. The molecule has 1 aliphatic rings. The monoisotopic (exact) mass is 288 g/mol. The van der Waals surface area contributed by atoms with Gasteiger partial charge in [-0.25, -0.2) is 0 Å². The lowest BCUT2D eigenvalue weighted by molar-refractivity contribution is 1.24. The van der Waals surface area contributed by atoms with Crippen molar-refractivity contribution < 1.29 is 0 Å². The zero-order chi connectivity index (χ0) is 11.8. The third kappa shape index (κ3) is 4.97. The Labute approximate surface area is 114 Å². The molecule has 2 nitrogen and oxygen atoms in total. The molecule has 0 unspecified atom stereocenters. The highest BCUT2D eigenvalue weighted by Crippen LogP contribution is 2.54. The second-order valence-electron chi connectivity index (χ2n) is 2.89. The van der Waals surface area contributed by atoms with Gasteiger partial charge in [-0.05, 0) is 6.92 Å². The molecule has 16 heavy (non-hydrogen) atoms. The highest BCUT2D eigenvalue weighted by Gasteiger charge is 2.22. The van der Waals surface area contributed by atoms with Crippen LogP contribution < -0.4 is 0 Å². The van der Waals surface area contributed by atoms with Gasteiger partial charge in [0, 0.05) is 24.3 Å². The van der Waals surface area contributed by atoms with E-state index in [1.807, 2.05) is 23.5 Å². The van der Waals surface area contributed by atoms with Gasteiger partial charge < -0.3 is 0 Å². The molecular weight excluding hydrogens is 276 g/mol. The molecule has 0 aromatic rings. The van der Waals surface area contributed by atoms with E-state index in [-0.39, 0.29) is 0 Å². The molecule has 0 aromatic carbocycles. The van der Waals surface area contributed by atoms with E-state index in [1.54, 1.807) is 23.5 Å². The van der Waals surface area contributed by atoms with Crippen LogP contribution in [0.1, 0.15) is 19.8 Å². The Morgan fingerprint density at radius 1 is 1.06 bits per heavy atom. The first-order valence-corrected chi connectivity index (χ1v) is 8.58. The molecule has 0 amide bonds. The molecule has 0 atom stereocenters. The van der Waals surface area contributed by atoms with E-state index in [0.29, 0.717) is 17.4 Å². The van der Waals surface area contributed by atoms with Gasteiger partial charge in [0.2, 0.25) is 0 Å². The van der Waals surface area contributed by atoms with Crippen molar-refractivity contribution in [1.82, 2.24) is 0 Å². The summed E-state index contributed by atoms with van der Waals surface area (Å²) >= 11 is 7.30. The predicted octanol–water partition coefficient (Wildman–Crippen LogP) is 4.23. The smallest absolute Gasteiger partial charge is 0.0630 e. The Kier molecular flexibility index (Phi) is 7.31. The fourth-order valence-corrected chi connectivity index (χ4v) is 7.11. The largest absolute Gasteiger partial charge is 0.198 e. The molecule has 0 N–H and O–H groups in total. The number of nitrogens with zero attached hydrogens (tertiary/aromatic N) is 2. The second kappa shape index (κ2) is 8.25. The number of rotatable bonds is 6. The Morgan fingerprint density at radius 3 is 1.88 bits per heavy atom. The minimum atomic E-state index is 0.564. The van der Waals surface area contributed by atoms with E-state index < -0.39 is 0 Å². The van der Waals surface area contributed by atoms with Gasteiger partial charge in [0.1, 0.15) is 0 Å². The normalized spacial score (nSPS) is 16.2. The number of nitriles is 2. The average Bonchev–Trinajstić information content (AvgIpc) is 2.60. The van der Waals surface area contributed by atoms with E-state index in [1.165, 1.54) is 8.47 Å². The topological polar surface area (TPSA) is 47.6 Å². The maximum absolute atomic E-state index is 8.50. The fourth-order valence-electron chi connectivity index (χ4n) is 0.986. The first-order valence-electron chi connectivity index (χ1n) is 4.85. The van der Waals surface area contributed by atoms with E-state index >= 15 is 0 Å². The van der Waals surface area contributed by atoms with Gasteiger partial charge in [-0.2, -0.15) is 10.5 Å². The third-order valence-electron chi connectivity index (χ3n) is 1.61. The van der Waals surface area contributed by atoms with Crippen LogP contribution in [0.5, 0.6) is 0 Å². The van der Waals surface area contributed by atoms with Crippen molar-refractivity contribution in [2.45, 2.75) is 24.3 Å². The van der Waals surface area contributed by atoms with Crippen LogP contribution in [0.15, 0.2) is 8.47 Å². The summed E-state index contributed by atoms with van der Waals surface area (Å²) in [5.74, 6) is 1.74. The molecular formula is C10H12N2S4. The van der Waals surface area contributed by atoms with E-state index in [4.69, 9.17) is 10.5 Å². The van der Waals surface area contributed by atoms with Crippen LogP contribution in [0.25, 0.3) is 0 Å². The summed E-state index contributed by atoms with van der Waals surface area (Å²) < 4.78 is 3.25. The van der Waals surface area contributed by atoms with Crippen molar-refractivity contribution >= 4 is 47.0 Å². The Balaban J connectivity index is 2.43. The summed E-state index contributed by atoms with van der Waals surface area (Å²) in [5, 5.41) is 17.0. The SMILES string of the molecule is CC1SC(SCCC#N)=C(SCCC#N)S1. The highest BCUT2D eigenvalue weighted by atomic mass is 32.3. The number of thioether (sulfide) groups is 4. The lowest BCUT2D eigenvalue weighted by atomic mass is 10.6. The summed E-state index contributed by atoms with van der Waals surface area (Å²) in [6.07, 6.45) is 1.20. The first-order chi connectivity index (χ1) is 7.77. The van der Waals surface area contributed by atoms with Crippen LogP contribution in [-0.4, -0.2) is 16.1 Å². The Morgan fingerprint density at radius 2 is 1.50 bits per heavy atom. The molecule has 0 aliphatic carbocycles. The number of hydrogen-bond acceptors (Lipinski definition) is 6. The summed E-state index contributed by atoms with van der Waals surface area (Å²) in [6.45, 7) is 2.19. The van der Waals surface area contributed by atoms with Crippen molar-refractivity contribution in [2.24, 2.45) is 0 Å². The first kappa shape index (κ1) is 14.2. The third-order valence-corrected chi connectivity index (χ3v) is 7.23. The molecule has 86 valence electrons. The van der Waals surface area contributed by atoms with Crippen LogP contribution in [0.3, 0.4) is 0 Å². The van der Waals surface area contributed by atoms with Crippen molar-refractivity contribution in [3.8, 4) is 12.1 Å². The lowest BCUT2D eigenvalue weighted by Gasteiger charge is -2.02. The maximum atomic E-state index is 8.50. The van der Waals surface area contributed by atoms with Gasteiger partial charge in [-0.1, -0.05) is 0 Å². The molecule has 0 saturated heterocycles. The molecule has 0 spiro atoms. The van der Waals surface area contributed by atoms with Gasteiger partial charge in [-0.15, -0.1) is 47.0 Å². The van der Waals surface area contributed by atoms with Gasteiger partial charge in [0.15, 0.2) is 0 Å². The summed E-state index contributed by atoms with van der Waals surface area (Å²) in [4.78, 5) is 0. The van der Waals surface area contributed by atoms with Crippen molar-refractivity contribution in [3.05, 3.63) is 8.47 Å². The van der Waals surface area contributed by atoms with E-state index in [0.717, 1.165) is 11.5 Å². The molecule has 0 radical (unpaired) electrons. The van der Waals surface area contributed by atoms with Crippen LogP contribution in [0.4, 0.5) is 0 Å². The minimum Gasteiger partial charge on any atom is -0.198 e. The molecule has 6 heteroatoms. The molecule has 1 rings (SSSR count). The Bertz CT molecular complexity index is 308. The zero-order valence-corrected chi connectivity index (χ0v) is 12.2. The summed E-state index contributed by atoms with van der Waals surface area (Å²) in [7, 11) is 0. The van der Waals surface area contributed by atoms with Gasteiger partial charge >= 0.3 is 0 Å². The van der Waals surface area contributed by atoms with Crippen molar-refractivity contribution in [1.29, 1.82) is 10.5 Å². The van der Waals surface area contributed by atoms with Crippen LogP contribution in [0, 0.1) is 22.7 Å². The van der Waals surface area contributed by atoms with E-state index in [2.05, 4.69) is 19.1 Å². The van der Waals surface area contributed by atoms with E-state index in [9.17, 15) is 0 Å². The fraction of sp³-hybridized carbons (Fsp3) is 0.600. The molecule has 0 aromatic heterocycles. The Hall–Kier alpha value is 0.120. The zero-order valence-electron chi connectivity index (χ0n) is 8.93. The maximum Gasteiger partial charge on any atom is 0.0630 e. The van der Waals surface area contributed by atoms with Crippen molar-refractivity contribution in [2.75, 3.05) is 11.5 Å².